The van der Waals surface area contributed by atoms with Gasteiger partial charge in [-0.05, 0) is 47.5 Å². The van der Waals surface area contributed by atoms with Gasteiger partial charge in [-0.2, -0.15) is 5.10 Å². The van der Waals surface area contributed by atoms with Gasteiger partial charge in [-0.3, -0.25) is 9.59 Å². The second-order valence-corrected chi connectivity index (χ2v) is 6.19. The number of hydrogen-bond acceptors (Lipinski definition) is 4. The van der Waals surface area contributed by atoms with Crippen molar-refractivity contribution < 1.29 is 14.3 Å². The molecule has 2 aromatic carbocycles. The Balaban J connectivity index is 1.78. The number of aryl methyl sites for hydroxylation is 1. The highest BCUT2D eigenvalue weighted by Gasteiger charge is 2.13. The minimum atomic E-state index is -0.129. The van der Waals surface area contributed by atoms with E-state index in [2.05, 4.69) is 10.4 Å². The van der Waals surface area contributed by atoms with Gasteiger partial charge in [0.1, 0.15) is 11.3 Å². The predicted octanol–water partition coefficient (Wildman–Crippen LogP) is 3.76. The molecule has 1 N–H and O–H groups in total. The molecule has 0 aliphatic carbocycles. The number of nitrogens with one attached hydrogen (secondary N) is 1. The summed E-state index contributed by atoms with van der Waals surface area (Å²) in [5.74, 6) is 1.12. The highest BCUT2D eigenvalue weighted by molar-refractivity contribution is 6.07. The SMILES string of the molecule is CNC(=O)c1cccc2cc(Oc3ccnn4cc(C=O)c(C)c34)ccc12. The van der Waals surface area contributed by atoms with Crippen LogP contribution < -0.4 is 10.1 Å². The van der Waals surface area contributed by atoms with Gasteiger partial charge < -0.3 is 10.1 Å². The highest BCUT2D eigenvalue weighted by Crippen LogP contribution is 2.31. The van der Waals surface area contributed by atoms with Crippen LogP contribution in [0.3, 0.4) is 0 Å². The summed E-state index contributed by atoms with van der Waals surface area (Å²) in [6, 6.07) is 12.9. The fourth-order valence-electron chi connectivity index (χ4n) is 3.23. The first-order valence-corrected chi connectivity index (χ1v) is 8.47. The van der Waals surface area contributed by atoms with E-state index in [0.717, 1.165) is 28.1 Å². The lowest BCUT2D eigenvalue weighted by Gasteiger charge is -2.10. The summed E-state index contributed by atoms with van der Waals surface area (Å²) >= 11 is 0. The van der Waals surface area contributed by atoms with E-state index in [-0.39, 0.29) is 5.91 Å². The number of rotatable bonds is 4. The summed E-state index contributed by atoms with van der Waals surface area (Å²) in [6.07, 6.45) is 4.12. The molecule has 134 valence electrons. The Morgan fingerprint density at radius 2 is 2.07 bits per heavy atom. The number of hydrogen-bond donors (Lipinski definition) is 1. The normalized spacial score (nSPS) is 10.9. The molecule has 4 aromatic rings. The van der Waals surface area contributed by atoms with E-state index in [1.165, 1.54) is 0 Å². The van der Waals surface area contributed by atoms with Gasteiger partial charge in [0.25, 0.3) is 5.91 Å². The Kier molecular flexibility index (Phi) is 4.08. The molecule has 0 saturated carbocycles. The molecule has 6 nitrogen and oxygen atoms in total. The monoisotopic (exact) mass is 359 g/mol. The largest absolute Gasteiger partial charge is 0.455 e. The molecule has 4 rings (SSSR count). The number of nitrogens with zero attached hydrogens (tertiary/aromatic N) is 2. The molecule has 1 amide bonds. The molecule has 27 heavy (non-hydrogen) atoms. The lowest BCUT2D eigenvalue weighted by molar-refractivity contribution is 0.0964. The number of amides is 1. The van der Waals surface area contributed by atoms with Crippen LogP contribution in [0.1, 0.15) is 26.3 Å². The average molecular weight is 359 g/mol. The third-order valence-corrected chi connectivity index (χ3v) is 4.61. The molecule has 0 saturated heterocycles. The summed E-state index contributed by atoms with van der Waals surface area (Å²) in [7, 11) is 1.61. The van der Waals surface area contributed by atoms with E-state index < -0.39 is 0 Å². The molecular formula is C21H17N3O3. The first-order chi connectivity index (χ1) is 13.1. The summed E-state index contributed by atoms with van der Waals surface area (Å²) in [4.78, 5) is 23.2. The molecule has 2 aromatic heterocycles. The van der Waals surface area contributed by atoms with Crippen molar-refractivity contribution in [2.75, 3.05) is 7.05 Å². The molecule has 2 heterocycles. The van der Waals surface area contributed by atoms with Crippen molar-refractivity contribution in [2.45, 2.75) is 6.92 Å². The van der Waals surface area contributed by atoms with Crippen molar-refractivity contribution >= 4 is 28.5 Å². The average Bonchev–Trinajstić information content (AvgIpc) is 3.03. The molecule has 0 radical (unpaired) electrons. The maximum absolute atomic E-state index is 12.0. The number of ether oxygens (including phenoxy) is 1. The maximum Gasteiger partial charge on any atom is 0.251 e. The van der Waals surface area contributed by atoms with Crippen LogP contribution in [0, 0.1) is 6.92 Å². The number of aldehydes is 1. The summed E-state index contributed by atoms with van der Waals surface area (Å²) < 4.78 is 7.73. The topological polar surface area (TPSA) is 72.7 Å². The van der Waals surface area contributed by atoms with Gasteiger partial charge in [-0.25, -0.2) is 4.52 Å². The van der Waals surface area contributed by atoms with Crippen LogP contribution in [0.15, 0.2) is 54.9 Å². The standard InChI is InChI=1S/C21H17N3O3/c1-13-15(12-25)11-24-20(13)19(8-9-23-24)27-16-6-7-17-14(10-16)4-3-5-18(17)21(26)22-2/h3-12H,1-2H3,(H,22,26). The first kappa shape index (κ1) is 16.8. The second-order valence-electron chi connectivity index (χ2n) is 6.19. The minimum absolute atomic E-state index is 0.129. The Morgan fingerprint density at radius 3 is 2.85 bits per heavy atom. The predicted molar refractivity (Wildman–Crippen MR) is 103 cm³/mol. The van der Waals surface area contributed by atoms with E-state index in [1.807, 2.05) is 37.3 Å². The summed E-state index contributed by atoms with van der Waals surface area (Å²) in [6.45, 7) is 1.86. The zero-order valence-electron chi connectivity index (χ0n) is 14.9. The van der Waals surface area contributed by atoms with Gasteiger partial charge in [0.15, 0.2) is 12.0 Å². The molecule has 0 bridgehead atoms. The van der Waals surface area contributed by atoms with Crippen LogP contribution in [-0.2, 0) is 0 Å². The van der Waals surface area contributed by atoms with E-state index in [9.17, 15) is 9.59 Å². The van der Waals surface area contributed by atoms with Crippen LogP contribution in [0.2, 0.25) is 0 Å². The number of benzene rings is 2. The second kappa shape index (κ2) is 6.57. The van der Waals surface area contributed by atoms with E-state index in [0.29, 0.717) is 22.6 Å². The molecule has 0 spiro atoms. The van der Waals surface area contributed by atoms with Crippen LogP contribution in [0.25, 0.3) is 16.3 Å². The number of aromatic nitrogens is 2. The first-order valence-electron chi connectivity index (χ1n) is 8.47. The van der Waals surface area contributed by atoms with Gasteiger partial charge in [0, 0.05) is 30.4 Å². The van der Waals surface area contributed by atoms with Gasteiger partial charge in [0.2, 0.25) is 0 Å². The van der Waals surface area contributed by atoms with Crippen molar-refractivity contribution in [1.82, 2.24) is 14.9 Å². The highest BCUT2D eigenvalue weighted by atomic mass is 16.5. The number of carbonyl (C=O) groups is 2. The van der Waals surface area contributed by atoms with Crippen molar-refractivity contribution in [2.24, 2.45) is 0 Å². The van der Waals surface area contributed by atoms with Gasteiger partial charge >= 0.3 is 0 Å². The quantitative estimate of drug-likeness (QED) is 0.563. The molecule has 0 aliphatic heterocycles. The number of carbonyl (C=O) groups excluding carboxylic acids is 2. The molecule has 6 heteroatoms. The van der Waals surface area contributed by atoms with Crippen LogP contribution >= 0.6 is 0 Å². The lowest BCUT2D eigenvalue weighted by Crippen LogP contribution is -2.17. The zero-order valence-corrected chi connectivity index (χ0v) is 14.9. The zero-order chi connectivity index (χ0) is 19.0. The van der Waals surface area contributed by atoms with Crippen molar-refractivity contribution in [3.63, 3.8) is 0 Å². The molecular weight excluding hydrogens is 342 g/mol. The van der Waals surface area contributed by atoms with E-state index >= 15 is 0 Å². The fourth-order valence-corrected chi connectivity index (χ4v) is 3.23. The fraction of sp³-hybridized carbons (Fsp3) is 0.0952. The molecule has 0 atom stereocenters. The minimum Gasteiger partial charge on any atom is -0.455 e. The van der Waals surface area contributed by atoms with Crippen molar-refractivity contribution in [1.29, 1.82) is 0 Å². The van der Waals surface area contributed by atoms with E-state index in [1.54, 1.807) is 36.1 Å². The van der Waals surface area contributed by atoms with Crippen LogP contribution in [0.4, 0.5) is 0 Å². The lowest BCUT2D eigenvalue weighted by atomic mass is 10.0. The molecule has 0 unspecified atom stereocenters. The van der Waals surface area contributed by atoms with Crippen molar-refractivity contribution in [3.05, 3.63) is 71.5 Å². The smallest absolute Gasteiger partial charge is 0.251 e. The Bertz CT molecular complexity index is 1190. The van der Waals surface area contributed by atoms with Gasteiger partial charge in [-0.1, -0.05) is 12.1 Å². The molecule has 0 aliphatic rings. The van der Waals surface area contributed by atoms with Gasteiger partial charge in [-0.15, -0.1) is 0 Å². The van der Waals surface area contributed by atoms with Crippen LogP contribution in [0.5, 0.6) is 11.5 Å². The van der Waals surface area contributed by atoms with E-state index in [4.69, 9.17) is 4.74 Å². The number of fused-ring (bicyclic) bond motifs is 2. The Morgan fingerprint density at radius 1 is 1.22 bits per heavy atom. The third-order valence-electron chi connectivity index (χ3n) is 4.61. The third kappa shape index (κ3) is 2.81. The van der Waals surface area contributed by atoms with Gasteiger partial charge in [0.05, 0.1) is 6.20 Å². The Labute approximate surface area is 155 Å². The van der Waals surface area contributed by atoms with Crippen molar-refractivity contribution in [3.8, 4) is 11.5 Å². The van der Waals surface area contributed by atoms with Crippen LogP contribution in [-0.4, -0.2) is 28.9 Å². The maximum atomic E-state index is 12.0. The summed E-state index contributed by atoms with van der Waals surface area (Å²) in [5.41, 5.74) is 2.76. The summed E-state index contributed by atoms with van der Waals surface area (Å²) in [5, 5.41) is 8.65. The molecule has 0 fully saturated rings. The Hall–Kier alpha value is -3.67.